The van der Waals surface area contributed by atoms with E-state index in [2.05, 4.69) is 33.1 Å². The van der Waals surface area contributed by atoms with Gasteiger partial charge in [-0.15, -0.1) is 0 Å². The summed E-state index contributed by atoms with van der Waals surface area (Å²) in [5.74, 6) is 0.0125. The van der Waals surface area contributed by atoms with Crippen LogP contribution in [-0.4, -0.2) is 25.3 Å². The van der Waals surface area contributed by atoms with Crippen molar-refractivity contribution in [2.75, 3.05) is 0 Å². The number of aromatic nitrogens is 4. The molecule has 0 fully saturated rings. The summed E-state index contributed by atoms with van der Waals surface area (Å²) in [7, 11) is 1.80. The molecule has 0 saturated carbocycles. The highest BCUT2D eigenvalue weighted by atomic mass is 79.9. The lowest BCUT2D eigenvalue weighted by atomic mass is 10.1. The van der Waals surface area contributed by atoms with E-state index in [4.69, 9.17) is 0 Å². The molecule has 19 heavy (non-hydrogen) atoms. The van der Waals surface area contributed by atoms with Crippen molar-refractivity contribution < 1.29 is 4.79 Å². The highest BCUT2D eigenvalue weighted by Gasteiger charge is 2.18. The fraction of sp³-hybridized carbons (Fsp3) is 0.462. The predicted molar refractivity (Wildman–Crippen MR) is 76.2 cm³/mol. The Morgan fingerprint density at radius 3 is 2.63 bits per heavy atom. The maximum atomic E-state index is 12.2. The molecular weight excluding hydrogens is 308 g/mol. The Hall–Kier alpha value is -1.43. The first kappa shape index (κ1) is 14.0. The Balaban J connectivity index is 2.28. The number of nitrogens with zero attached hydrogens (tertiary/aromatic N) is 4. The molecule has 2 rings (SSSR count). The van der Waals surface area contributed by atoms with Crippen molar-refractivity contribution in [2.45, 2.75) is 33.2 Å². The van der Waals surface area contributed by atoms with E-state index < -0.39 is 0 Å². The lowest BCUT2D eigenvalue weighted by Gasteiger charge is -2.03. The van der Waals surface area contributed by atoms with Crippen LogP contribution >= 0.6 is 15.9 Å². The second-order valence-electron chi connectivity index (χ2n) is 4.35. The van der Waals surface area contributed by atoms with Crippen LogP contribution in [0.15, 0.2) is 16.7 Å². The molecule has 0 aliphatic rings. The molecule has 2 heterocycles. The van der Waals surface area contributed by atoms with Gasteiger partial charge in [-0.2, -0.15) is 10.2 Å². The molecule has 0 unspecified atom stereocenters. The minimum Gasteiger partial charge on any atom is -0.292 e. The lowest BCUT2D eigenvalue weighted by molar-refractivity contribution is 0.0985. The van der Waals surface area contributed by atoms with Crippen molar-refractivity contribution in [3.05, 3.63) is 33.8 Å². The van der Waals surface area contributed by atoms with Crippen molar-refractivity contribution in [2.24, 2.45) is 7.05 Å². The molecule has 0 bridgehead atoms. The van der Waals surface area contributed by atoms with Gasteiger partial charge in [0.1, 0.15) is 5.69 Å². The summed E-state index contributed by atoms with van der Waals surface area (Å²) >= 11 is 3.55. The Bertz CT molecular complexity index is 600. The maximum absolute atomic E-state index is 12.2. The van der Waals surface area contributed by atoms with Crippen molar-refractivity contribution in [3.8, 4) is 0 Å². The summed E-state index contributed by atoms with van der Waals surface area (Å²) in [5.41, 5.74) is 2.41. The van der Waals surface area contributed by atoms with E-state index >= 15 is 0 Å². The van der Waals surface area contributed by atoms with Crippen LogP contribution in [0, 0.1) is 0 Å². The van der Waals surface area contributed by atoms with Gasteiger partial charge in [-0.05, 0) is 35.3 Å². The van der Waals surface area contributed by atoms with E-state index in [0.717, 1.165) is 28.8 Å². The molecule has 0 aliphatic heterocycles. The van der Waals surface area contributed by atoms with Gasteiger partial charge in [0.2, 0.25) is 0 Å². The molecular formula is C13H17BrN4O. The maximum Gasteiger partial charge on any atom is 0.189 e. The number of ketones is 1. The predicted octanol–water partition coefficient (Wildman–Crippen LogP) is 2.39. The van der Waals surface area contributed by atoms with E-state index in [9.17, 15) is 4.79 Å². The Morgan fingerprint density at radius 2 is 2.11 bits per heavy atom. The minimum atomic E-state index is 0.0125. The molecule has 0 aliphatic carbocycles. The van der Waals surface area contributed by atoms with Gasteiger partial charge in [-0.25, -0.2) is 0 Å². The SMILES string of the molecule is CCc1nn(CC)c(CC(=O)c2ccn(C)n2)c1Br. The first-order chi connectivity index (χ1) is 9.06. The Kier molecular flexibility index (Phi) is 4.19. The Morgan fingerprint density at radius 1 is 1.37 bits per heavy atom. The van der Waals surface area contributed by atoms with E-state index in [0.29, 0.717) is 12.1 Å². The zero-order chi connectivity index (χ0) is 14.0. The second-order valence-corrected chi connectivity index (χ2v) is 5.14. The number of hydrogen-bond acceptors (Lipinski definition) is 3. The first-order valence-corrected chi connectivity index (χ1v) is 7.13. The van der Waals surface area contributed by atoms with Gasteiger partial charge >= 0.3 is 0 Å². The molecule has 0 aromatic carbocycles. The molecule has 6 heteroatoms. The summed E-state index contributed by atoms with van der Waals surface area (Å²) in [6.45, 7) is 4.83. The number of carbonyl (C=O) groups is 1. The lowest BCUT2D eigenvalue weighted by Crippen LogP contribution is -2.11. The molecule has 102 valence electrons. The fourth-order valence-corrected chi connectivity index (χ4v) is 2.70. The molecule has 0 spiro atoms. The highest BCUT2D eigenvalue weighted by Crippen LogP contribution is 2.23. The Labute approximate surface area is 120 Å². The van der Waals surface area contributed by atoms with Gasteiger partial charge in [-0.1, -0.05) is 6.92 Å². The van der Waals surface area contributed by atoms with Crippen molar-refractivity contribution in [3.63, 3.8) is 0 Å². The normalized spacial score (nSPS) is 10.9. The van der Waals surface area contributed by atoms with Crippen molar-refractivity contribution >= 4 is 21.7 Å². The number of halogens is 1. The smallest absolute Gasteiger partial charge is 0.189 e. The second kappa shape index (κ2) is 5.69. The van der Waals surface area contributed by atoms with Crippen molar-refractivity contribution in [1.29, 1.82) is 0 Å². The van der Waals surface area contributed by atoms with Gasteiger partial charge in [0.05, 0.1) is 22.3 Å². The third kappa shape index (κ3) is 2.78. The number of rotatable bonds is 5. The highest BCUT2D eigenvalue weighted by molar-refractivity contribution is 9.10. The topological polar surface area (TPSA) is 52.7 Å². The third-order valence-corrected chi connectivity index (χ3v) is 3.94. The largest absolute Gasteiger partial charge is 0.292 e. The fourth-order valence-electron chi connectivity index (χ4n) is 1.99. The number of hydrogen-bond donors (Lipinski definition) is 0. The average molecular weight is 325 g/mol. The molecule has 0 atom stereocenters. The summed E-state index contributed by atoms with van der Waals surface area (Å²) in [6, 6.07) is 1.74. The van der Waals surface area contributed by atoms with Crippen molar-refractivity contribution in [1.82, 2.24) is 19.6 Å². The van der Waals surface area contributed by atoms with Gasteiger partial charge in [0.15, 0.2) is 5.78 Å². The van der Waals surface area contributed by atoms with Crippen LogP contribution in [0.5, 0.6) is 0 Å². The van der Waals surface area contributed by atoms with Crippen LogP contribution in [0.1, 0.15) is 35.7 Å². The van der Waals surface area contributed by atoms with Crippen LogP contribution in [0.4, 0.5) is 0 Å². The van der Waals surface area contributed by atoms with Gasteiger partial charge in [-0.3, -0.25) is 14.2 Å². The standard InChI is InChI=1S/C13H17BrN4O/c1-4-9-13(14)11(18(5-2)16-9)8-12(19)10-6-7-17(3)15-10/h6-7H,4-5,8H2,1-3H3. The molecule has 0 radical (unpaired) electrons. The number of carbonyl (C=O) groups excluding carboxylic acids is 1. The molecule has 5 nitrogen and oxygen atoms in total. The summed E-state index contributed by atoms with van der Waals surface area (Å²) < 4.78 is 4.46. The van der Waals surface area contributed by atoms with E-state index in [-0.39, 0.29) is 5.78 Å². The third-order valence-electron chi connectivity index (χ3n) is 3.02. The quantitative estimate of drug-likeness (QED) is 0.793. The first-order valence-electron chi connectivity index (χ1n) is 6.33. The summed E-state index contributed by atoms with van der Waals surface area (Å²) in [5, 5.41) is 8.63. The molecule has 0 saturated heterocycles. The molecule has 0 amide bonds. The van der Waals surface area contributed by atoms with E-state index in [1.165, 1.54) is 0 Å². The minimum absolute atomic E-state index is 0.0125. The monoisotopic (exact) mass is 324 g/mol. The summed E-state index contributed by atoms with van der Waals surface area (Å²) in [6.07, 6.45) is 2.94. The van der Waals surface area contributed by atoms with Crippen LogP contribution in [-0.2, 0) is 26.4 Å². The number of aryl methyl sites for hydroxylation is 3. The molecule has 2 aromatic heterocycles. The van der Waals surface area contributed by atoms with E-state index in [1.807, 2.05) is 11.6 Å². The molecule has 2 aromatic rings. The van der Waals surface area contributed by atoms with Crippen LogP contribution in [0.25, 0.3) is 0 Å². The zero-order valence-corrected chi connectivity index (χ0v) is 12.9. The summed E-state index contributed by atoms with van der Waals surface area (Å²) in [4.78, 5) is 12.2. The van der Waals surface area contributed by atoms with Crippen LogP contribution in [0.3, 0.4) is 0 Å². The zero-order valence-electron chi connectivity index (χ0n) is 11.4. The van der Waals surface area contributed by atoms with Crippen LogP contribution in [0.2, 0.25) is 0 Å². The van der Waals surface area contributed by atoms with Crippen LogP contribution < -0.4 is 0 Å². The van der Waals surface area contributed by atoms with Gasteiger partial charge in [0, 0.05) is 19.8 Å². The average Bonchev–Trinajstić information content (AvgIpc) is 2.95. The van der Waals surface area contributed by atoms with Gasteiger partial charge in [0.25, 0.3) is 0 Å². The van der Waals surface area contributed by atoms with E-state index in [1.54, 1.807) is 24.0 Å². The number of Topliss-reactive ketones (excluding diaryl/α,β-unsaturated/α-hetero) is 1. The van der Waals surface area contributed by atoms with Gasteiger partial charge < -0.3 is 0 Å². The molecule has 0 N–H and O–H groups in total.